The number of piperazine rings is 1. The van der Waals surface area contributed by atoms with Crippen molar-refractivity contribution in [3.05, 3.63) is 17.5 Å². The summed E-state index contributed by atoms with van der Waals surface area (Å²) in [6.45, 7) is 7.67. The average molecular weight is 280 g/mol. The lowest BCUT2D eigenvalue weighted by molar-refractivity contribution is 0.0654. The fourth-order valence-electron chi connectivity index (χ4n) is 2.08. The highest BCUT2D eigenvalue weighted by Crippen LogP contribution is 2.09. The van der Waals surface area contributed by atoms with Gasteiger partial charge in [0.05, 0.1) is 0 Å². The number of nitrogens with one attached hydrogen (secondary N) is 1. The van der Waals surface area contributed by atoms with Gasteiger partial charge in [-0.2, -0.15) is 0 Å². The number of carbonyl (C=O) groups is 2. The molecule has 0 bridgehead atoms. The van der Waals surface area contributed by atoms with Crippen molar-refractivity contribution in [3.63, 3.8) is 0 Å². The van der Waals surface area contributed by atoms with E-state index in [2.05, 4.69) is 10.5 Å². The Bertz CT molecular complexity index is 490. The van der Waals surface area contributed by atoms with Crippen LogP contribution in [-0.2, 0) is 0 Å². The van der Waals surface area contributed by atoms with Crippen LogP contribution < -0.4 is 5.32 Å². The lowest BCUT2D eigenvalue weighted by atomic mass is 10.2. The van der Waals surface area contributed by atoms with Crippen molar-refractivity contribution in [1.82, 2.24) is 20.3 Å². The summed E-state index contributed by atoms with van der Waals surface area (Å²) in [6.07, 6.45) is 0. The zero-order chi connectivity index (χ0) is 14.7. The Hall–Kier alpha value is -2.05. The third kappa shape index (κ3) is 3.28. The van der Waals surface area contributed by atoms with E-state index in [4.69, 9.17) is 4.52 Å². The Morgan fingerprint density at radius 2 is 1.85 bits per heavy atom. The van der Waals surface area contributed by atoms with Gasteiger partial charge in [-0.05, 0) is 20.8 Å². The highest BCUT2D eigenvalue weighted by molar-refractivity contribution is 5.92. The molecule has 1 N–H and O–H groups in total. The summed E-state index contributed by atoms with van der Waals surface area (Å²) in [4.78, 5) is 27.4. The van der Waals surface area contributed by atoms with E-state index in [0.717, 1.165) is 0 Å². The smallest absolute Gasteiger partial charge is 0.317 e. The SMILES string of the molecule is Cc1cc(C(=O)N2CCN(C(=O)NC(C)C)CC2)no1. The Morgan fingerprint density at radius 3 is 2.35 bits per heavy atom. The largest absolute Gasteiger partial charge is 0.361 e. The maximum atomic E-state index is 12.2. The van der Waals surface area contributed by atoms with E-state index in [1.165, 1.54) is 0 Å². The van der Waals surface area contributed by atoms with E-state index in [1.807, 2.05) is 13.8 Å². The van der Waals surface area contributed by atoms with Gasteiger partial charge in [0.2, 0.25) is 0 Å². The van der Waals surface area contributed by atoms with Crippen molar-refractivity contribution in [3.8, 4) is 0 Å². The molecule has 2 rings (SSSR count). The molecule has 7 heteroatoms. The maximum Gasteiger partial charge on any atom is 0.317 e. The molecule has 110 valence electrons. The van der Waals surface area contributed by atoms with Crippen LogP contribution in [0.5, 0.6) is 0 Å². The van der Waals surface area contributed by atoms with Crippen LogP contribution in [0.2, 0.25) is 0 Å². The number of amides is 3. The molecule has 0 unspecified atom stereocenters. The number of hydrogen-bond acceptors (Lipinski definition) is 4. The van der Waals surface area contributed by atoms with E-state index in [0.29, 0.717) is 37.6 Å². The summed E-state index contributed by atoms with van der Waals surface area (Å²) in [7, 11) is 0. The molecule has 1 fully saturated rings. The van der Waals surface area contributed by atoms with Crippen LogP contribution in [0.3, 0.4) is 0 Å². The Labute approximate surface area is 117 Å². The van der Waals surface area contributed by atoms with Gasteiger partial charge >= 0.3 is 6.03 Å². The Kier molecular flexibility index (Phi) is 4.26. The number of carbonyl (C=O) groups excluding carboxylic acids is 2. The summed E-state index contributed by atoms with van der Waals surface area (Å²) >= 11 is 0. The fourth-order valence-corrected chi connectivity index (χ4v) is 2.08. The molecular weight excluding hydrogens is 260 g/mol. The molecule has 0 aromatic carbocycles. The van der Waals surface area contributed by atoms with Gasteiger partial charge in [-0.1, -0.05) is 5.16 Å². The number of urea groups is 1. The normalized spacial score (nSPS) is 15.6. The quantitative estimate of drug-likeness (QED) is 0.871. The van der Waals surface area contributed by atoms with Crippen LogP contribution in [-0.4, -0.2) is 59.1 Å². The molecule has 3 amide bonds. The predicted molar refractivity (Wildman–Crippen MR) is 72.4 cm³/mol. The fraction of sp³-hybridized carbons (Fsp3) is 0.615. The van der Waals surface area contributed by atoms with Crippen LogP contribution in [0.4, 0.5) is 4.79 Å². The van der Waals surface area contributed by atoms with Crippen molar-refractivity contribution in [2.45, 2.75) is 26.8 Å². The third-order valence-corrected chi connectivity index (χ3v) is 3.11. The molecule has 20 heavy (non-hydrogen) atoms. The van der Waals surface area contributed by atoms with Gasteiger partial charge < -0.3 is 19.6 Å². The molecule has 2 heterocycles. The first-order chi connectivity index (χ1) is 9.47. The van der Waals surface area contributed by atoms with Gasteiger partial charge in [0.25, 0.3) is 5.91 Å². The van der Waals surface area contributed by atoms with Crippen LogP contribution >= 0.6 is 0 Å². The van der Waals surface area contributed by atoms with Crippen LogP contribution in [0, 0.1) is 6.92 Å². The summed E-state index contributed by atoms with van der Waals surface area (Å²) in [5.41, 5.74) is 0.322. The number of aromatic nitrogens is 1. The molecule has 0 radical (unpaired) electrons. The van der Waals surface area contributed by atoms with E-state index in [1.54, 1.807) is 22.8 Å². The molecule has 1 aromatic rings. The summed E-state index contributed by atoms with van der Waals surface area (Å²) < 4.78 is 4.91. The van der Waals surface area contributed by atoms with Gasteiger partial charge in [-0.15, -0.1) is 0 Å². The predicted octanol–water partition coefficient (Wildman–Crippen LogP) is 0.859. The van der Waals surface area contributed by atoms with E-state index in [9.17, 15) is 9.59 Å². The van der Waals surface area contributed by atoms with Crippen molar-refractivity contribution >= 4 is 11.9 Å². The Morgan fingerprint density at radius 1 is 1.25 bits per heavy atom. The van der Waals surface area contributed by atoms with E-state index in [-0.39, 0.29) is 18.0 Å². The van der Waals surface area contributed by atoms with E-state index >= 15 is 0 Å². The lowest BCUT2D eigenvalue weighted by Gasteiger charge is -2.34. The molecule has 1 aromatic heterocycles. The van der Waals surface area contributed by atoms with E-state index < -0.39 is 0 Å². The second-order valence-corrected chi connectivity index (χ2v) is 5.21. The number of aryl methyl sites for hydroxylation is 1. The molecule has 0 saturated carbocycles. The van der Waals surface area contributed by atoms with Crippen molar-refractivity contribution in [2.24, 2.45) is 0 Å². The molecule has 1 aliphatic rings. The molecule has 1 aliphatic heterocycles. The second kappa shape index (κ2) is 5.94. The molecule has 0 aliphatic carbocycles. The maximum absolute atomic E-state index is 12.2. The van der Waals surface area contributed by atoms with Crippen molar-refractivity contribution in [1.29, 1.82) is 0 Å². The highest BCUT2D eigenvalue weighted by atomic mass is 16.5. The highest BCUT2D eigenvalue weighted by Gasteiger charge is 2.26. The van der Waals surface area contributed by atoms with Crippen molar-refractivity contribution in [2.75, 3.05) is 26.2 Å². The van der Waals surface area contributed by atoms with Crippen LogP contribution in [0.1, 0.15) is 30.1 Å². The minimum atomic E-state index is -0.147. The van der Waals surface area contributed by atoms with Gasteiger partial charge in [0, 0.05) is 38.3 Å². The molecule has 0 spiro atoms. The Balaban J connectivity index is 1.88. The average Bonchev–Trinajstić information content (AvgIpc) is 2.84. The van der Waals surface area contributed by atoms with Gasteiger partial charge in [-0.3, -0.25) is 4.79 Å². The minimum Gasteiger partial charge on any atom is -0.361 e. The van der Waals surface area contributed by atoms with Gasteiger partial charge in [0.15, 0.2) is 5.69 Å². The summed E-state index contributed by atoms with van der Waals surface area (Å²) in [5, 5.41) is 6.57. The van der Waals surface area contributed by atoms with Crippen LogP contribution in [0.15, 0.2) is 10.6 Å². The summed E-state index contributed by atoms with van der Waals surface area (Å²) in [5.74, 6) is 0.467. The first-order valence-corrected chi connectivity index (χ1v) is 6.75. The molecule has 0 atom stereocenters. The first-order valence-electron chi connectivity index (χ1n) is 6.75. The zero-order valence-electron chi connectivity index (χ0n) is 12.0. The number of nitrogens with zero attached hydrogens (tertiary/aromatic N) is 3. The first kappa shape index (κ1) is 14.4. The molecular formula is C13H20N4O3. The number of rotatable bonds is 2. The molecule has 7 nitrogen and oxygen atoms in total. The van der Waals surface area contributed by atoms with Gasteiger partial charge in [0.1, 0.15) is 5.76 Å². The third-order valence-electron chi connectivity index (χ3n) is 3.11. The minimum absolute atomic E-state index is 0.0793. The number of hydrogen-bond donors (Lipinski definition) is 1. The standard InChI is InChI=1S/C13H20N4O3/c1-9(2)14-13(19)17-6-4-16(5-7-17)12(18)11-8-10(3)20-15-11/h8-9H,4-7H2,1-3H3,(H,14,19). The molecule has 1 saturated heterocycles. The van der Waals surface area contributed by atoms with Crippen molar-refractivity contribution < 1.29 is 14.1 Å². The lowest BCUT2D eigenvalue weighted by Crippen LogP contribution is -2.54. The van der Waals surface area contributed by atoms with Gasteiger partial charge in [-0.25, -0.2) is 4.79 Å². The summed E-state index contributed by atoms with van der Waals surface area (Å²) in [6, 6.07) is 1.66. The second-order valence-electron chi connectivity index (χ2n) is 5.21. The monoisotopic (exact) mass is 280 g/mol. The van der Waals surface area contributed by atoms with Crippen LogP contribution in [0.25, 0.3) is 0 Å². The topological polar surface area (TPSA) is 78.7 Å². The zero-order valence-corrected chi connectivity index (χ0v) is 12.0.